The molecule has 0 aliphatic heterocycles. The minimum atomic E-state index is 0.963. The van der Waals surface area contributed by atoms with Crippen molar-refractivity contribution in [2.24, 2.45) is 0 Å². The van der Waals surface area contributed by atoms with E-state index >= 15 is 0 Å². The molecule has 1 aliphatic rings. The Balaban J connectivity index is 1.83. The van der Waals surface area contributed by atoms with Crippen LogP contribution in [0, 0.1) is 13.8 Å². The van der Waals surface area contributed by atoms with Gasteiger partial charge in [0.15, 0.2) is 0 Å². The van der Waals surface area contributed by atoms with Gasteiger partial charge >= 0.3 is 0 Å². The number of pyridine rings is 1. The molecule has 1 aliphatic carbocycles. The quantitative estimate of drug-likeness (QED) is 0.350. The summed E-state index contributed by atoms with van der Waals surface area (Å²) in [6.07, 6.45) is 0.963. The number of hydrogen-bond acceptors (Lipinski definition) is 1. The third kappa shape index (κ3) is 2.59. The summed E-state index contributed by atoms with van der Waals surface area (Å²) in [5.74, 6) is 0. The van der Waals surface area contributed by atoms with Crippen molar-refractivity contribution < 1.29 is 0 Å². The lowest BCUT2D eigenvalue weighted by Crippen LogP contribution is -1.94. The molecule has 0 radical (unpaired) electrons. The van der Waals surface area contributed by atoms with Crippen LogP contribution < -0.4 is 0 Å². The van der Waals surface area contributed by atoms with Crippen LogP contribution in [0.15, 0.2) is 78.9 Å². The molecule has 1 nitrogen and oxygen atoms in total. The Morgan fingerprint density at radius 1 is 0.667 bits per heavy atom. The Morgan fingerprint density at radius 3 is 2.00 bits per heavy atom. The maximum atomic E-state index is 5.15. The van der Waals surface area contributed by atoms with Crippen LogP contribution in [0.5, 0.6) is 0 Å². The summed E-state index contributed by atoms with van der Waals surface area (Å²) in [6.45, 7) is 4.41. The molecule has 130 valence electrons. The first kappa shape index (κ1) is 16.0. The number of aryl methyl sites for hydroxylation is 2. The van der Waals surface area contributed by atoms with Gasteiger partial charge in [-0.2, -0.15) is 0 Å². The number of benzene rings is 3. The molecule has 4 aromatic rings. The van der Waals surface area contributed by atoms with Crippen molar-refractivity contribution in [2.75, 3.05) is 0 Å². The molecule has 0 saturated heterocycles. The molecular formula is C26H21N. The molecule has 0 saturated carbocycles. The molecule has 1 heteroatoms. The minimum absolute atomic E-state index is 0.963. The standard InChI is InChI=1S/C26H21N/c1-17-13-14-18(2)25-21(17)15-23-22(19-9-5-3-6-10-19)16-24(27-26(23)25)20-11-7-4-8-12-20/h3-14,16H,15H2,1-2H3. The number of hydrogen-bond donors (Lipinski definition) is 0. The van der Waals surface area contributed by atoms with Gasteiger partial charge < -0.3 is 0 Å². The lowest BCUT2D eigenvalue weighted by molar-refractivity contribution is 1.20. The SMILES string of the molecule is Cc1ccc(C)c2c1Cc1c(-c3ccccc3)cc(-c3ccccc3)nc1-2. The molecule has 1 heterocycles. The van der Waals surface area contributed by atoms with Gasteiger partial charge in [-0.25, -0.2) is 4.98 Å². The third-order valence-electron chi connectivity index (χ3n) is 5.62. The van der Waals surface area contributed by atoms with Gasteiger partial charge in [-0.3, -0.25) is 0 Å². The third-order valence-corrected chi connectivity index (χ3v) is 5.62. The summed E-state index contributed by atoms with van der Waals surface area (Å²) < 4.78 is 0. The maximum Gasteiger partial charge on any atom is 0.0756 e. The van der Waals surface area contributed by atoms with Crippen molar-refractivity contribution in [1.82, 2.24) is 4.98 Å². The van der Waals surface area contributed by atoms with Gasteiger partial charge in [0.1, 0.15) is 0 Å². The Morgan fingerprint density at radius 2 is 1.30 bits per heavy atom. The van der Waals surface area contributed by atoms with Crippen LogP contribution in [0.1, 0.15) is 22.3 Å². The van der Waals surface area contributed by atoms with Crippen LogP contribution in [0.3, 0.4) is 0 Å². The molecule has 27 heavy (non-hydrogen) atoms. The predicted molar refractivity (Wildman–Crippen MR) is 113 cm³/mol. The van der Waals surface area contributed by atoms with E-state index in [2.05, 4.69) is 92.7 Å². The maximum absolute atomic E-state index is 5.15. The summed E-state index contributed by atoms with van der Waals surface area (Å²) in [4.78, 5) is 5.15. The van der Waals surface area contributed by atoms with Crippen molar-refractivity contribution in [3.05, 3.63) is 101 Å². The van der Waals surface area contributed by atoms with Crippen molar-refractivity contribution >= 4 is 0 Å². The van der Waals surface area contributed by atoms with Crippen LogP contribution in [-0.2, 0) is 6.42 Å². The van der Waals surface area contributed by atoms with E-state index in [1.54, 1.807) is 0 Å². The highest BCUT2D eigenvalue weighted by Crippen LogP contribution is 2.44. The van der Waals surface area contributed by atoms with Gasteiger partial charge in [-0.05, 0) is 53.3 Å². The van der Waals surface area contributed by atoms with E-state index in [1.165, 1.54) is 38.9 Å². The van der Waals surface area contributed by atoms with Gasteiger partial charge in [0.25, 0.3) is 0 Å². The molecule has 0 bridgehead atoms. The second-order valence-electron chi connectivity index (χ2n) is 7.34. The molecular weight excluding hydrogens is 326 g/mol. The number of aromatic nitrogens is 1. The van der Waals surface area contributed by atoms with Gasteiger partial charge in [0.2, 0.25) is 0 Å². The van der Waals surface area contributed by atoms with Crippen molar-refractivity contribution in [3.63, 3.8) is 0 Å². The highest BCUT2D eigenvalue weighted by atomic mass is 14.7. The van der Waals surface area contributed by atoms with Gasteiger partial charge in [-0.15, -0.1) is 0 Å². The minimum Gasteiger partial charge on any atom is -0.247 e. The summed E-state index contributed by atoms with van der Waals surface area (Å²) in [6, 6.07) is 27.9. The first-order chi connectivity index (χ1) is 13.2. The molecule has 3 aromatic carbocycles. The van der Waals surface area contributed by atoms with Crippen LogP contribution in [0.25, 0.3) is 33.6 Å². The van der Waals surface area contributed by atoms with Crippen LogP contribution in [0.2, 0.25) is 0 Å². The molecule has 0 atom stereocenters. The Hall–Kier alpha value is -3.19. The zero-order valence-corrected chi connectivity index (χ0v) is 15.7. The monoisotopic (exact) mass is 347 g/mol. The van der Waals surface area contributed by atoms with Crippen molar-refractivity contribution in [2.45, 2.75) is 20.3 Å². The van der Waals surface area contributed by atoms with Crippen molar-refractivity contribution in [1.29, 1.82) is 0 Å². The zero-order chi connectivity index (χ0) is 18.4. The second kappa shape index (κ2) is 6.21. The lowest BCUT2D eigenvalue weighted by atomic mass is 9.96. The molecule has 0 unspecified atom stereocenters. The Labute approximate surface area is 160 Å². The zero-order valence-electron chi connectivity index (χ0n) is 15.7. The number of fused-ring (bicyclic) bond motifs is 3. The highest BCUT2D eigenvalue weighted by Gasteiger charge is 2.27. The summed E-state index contributed by atoms with van der Waals surface area (Å²) in [5, 5.41) is 0. The Kier molecular flexibility index (Phi) is 3.68. The van der Waals surface area contributed by atoms with E-state index in [0.717, 1.165) is 23.4 Å². The smallest absolute Gasteiger partial charge is 0.0756 e. The first-order valence-corrected chi connectivity index (χ1v) is 9.46. The van der Waals surface area contributed by atoms with Gasteiger partial charge in [-0.1, -0.05) is 72.8 Å². The predicted octanol–water partition coefficient (Wildman–Crippen LogP) is 6.60. The van der Waals surface area contributed by atoms with Crippen LogP contribution in [-0.4, -0.2) is 4.98 Å². The molecule has 0 fully saturated rings. The molecule has 1 aromatic heterocycles. The fraction of sp³-hybridized carbons (Fsp3) is 0.115. The van der Waals surface area contributed by atoms with E-state index in [4.69, 9.17) is 4.98 Å². The molecule has 0 spiro atoms. The largest absolute Gasteiger partial charge is 0.247 e. The second-order valence-corrected chi connectivity index (χ2v) is 7.34. The van der Waals surface area contributed by atoms with Gasteiger partial charge in [0.05, 0.1) is 11.4 Å². The average Bonchev–Trinajstić information content (AvgIpc) is 3.12. The van der Waals surface area contributed by atoms with Crippen LogP contribution in [0.4, 0.5) is 0 Å². The molecule has 0 amide bonds. The van der Waals surface area contributed by atoms with E-state index in [1.807, 2.05) is 0 Å². The fourth-order valence-electron chi connectivity index (χ4n) is 4.19. The van der Waals surface area contributed by atoms with E-state index in [-0.39, 0.29) is 0 Å². The molecule has 5 rings (SSSR count). The Bertz CT molecular complexity index is 1140. The summed E-state index contributed by atoms with van der Waals surface area (Å²) >= 11 is 0. The highest BCUT2D eigenvalue weighted by molar-refractivity contribution is 5.87. The molecule has 0 N–H and O–H groups in total. The average molecular weight is 347 g/mol. The first-order valence-electron chi connectivity index (χ1n) is 9.46. The van der Waals surface area contributed by atoms with Gasteiger partial charge in [0, 0.05) is 17.5 Å². The number of rotatable bonds is 2. The summed E-state index contributed by atoms with van der Waals surface area (Å²) in [5.41, 5.74) is 12.7. The van der Waals surface area contributed by atoms with E-state index in [0.29, 0.717) is 0 Å². The summed E-state index contributed by atoms with van der Waals surface area (Å²) in [7, 11) is 0. The van der Waals surface area contributed by atoms with Crippen molar-refractivity contribution in [3.8, 4) is 33.6 Å². The van der Waals surface area contributed by atoms with E-state index < -0.39 is 0 Å². The normalized spacial score (nSPS) is 11.9. The topological polar surface area (TPSA) is 12.9 Å². The lowest BCUT2D eigenvalue weighted by Gasteiger charge is -2.13. The fourth-order valence-corrected chi connectivity index (χ4v) is 4.19. The van der Waals surface area contributed by atoms with Crippen LogP contribution >= 0.6 is 0 Å². The number of nitrogens with zero attached hydrogens (tertiary/aromatic N) is 1. The van der Waals surface area contributed by atoms with E-state index in [9.17, 15) is 0 Å².